The van der Waals surface area contributed by atoms with Gasteiger partial charge in [0.25, 0.3) is 0 Å². The smallest absolute Gasteiger partial charge is 0.330 e. The monoisotopic (exact) mass is 330 g/mol. The third-order valence-electron chi connectivity index (χ3n) is 1.65. The zero-order valence-corrected chi connectivity index (χ0v) is 12.3. The Bertz CT molecular complexity index is 411. The largest absolute Gasteiger partial charge is 0.478 e. The van der Waals surface area contributed by atoms with Gasteiger partial charge in [-0.05, 0) is 0 Å². The fourth-order valence-electron chi connectivity index (χ4n) is 0.765. The molecule has 0 rings (SSSR count). The van der Waals surface area contributed by atoms with Crippen molar-refractivity contribution in [3.05, 3.63) is 37.5 Å². The summed E-state index contributed by atoms with van der Waals surface area (Å²) in [5.41, 5.74) is 0. The molecule has 0 bridgehead atoms. The van der Waals surface area contributed by atoms with Crippen molar-refractivity contribution < 1.29 is 43.6 Å². The van der Waals surface area contributed by atoms with Gasteiger partial charge in [-0.1, -0.05) is 13.2 Å². The Morgan fingerprint density at radius 1 is 0.739 bits per heavy atom. The summed E-state index contributed by atoms with van der Waals surface area (Å²) in [6.45, 7) is 7.29. The minimum atomic E-state index is -1.26. The number of hydrogen-bond acceptors (Lipinski definition) is 7. The highest BCUT2D eigenvalue weighted by molar-refractivity contribution is 5.89. The average Bonchev–Trinajstić information content (AvgIpc) is 2.51. The molecule has 0 aromatic carbocycles. The second kappa shape index (κ2) is 15.4. The highest BCUT2D eigenvalue weighted by Crippen LogP contribution is 1.84. The summed E-state index contributed by atoms with van der Waals surface area (Å²) in [7, 11) is 0. The summed E-state index contributed by atoms with van der Waals surface area (Å²) in [6.07, 6.45) is 3.27. The van der Waals surface area contributed by atoms with E-state index in [1.54, 1.807) is 0 Å². The summed E-state index contributed by atoms with van der Waals surface area (Å²) >= 11 is 0. The molecule has 128 valence electrons. The number of rotatable bonds is 10. The van der Waals surface area contributed by atoms with Gasteiger partial charge in [-0.3, -0.25) is 0 Å². The normalized spacial score (nSPS) is 9.22. The lowest BCUT2D eigenvalue weighted by atomic mass is 10.5. The molecule has 0 spiro atoms. The molecule has 23 heavy (non-hydrogen) atoms. The Labute approximate surface area is 132 Å². The van der Waals surface area contributed by atoms with Crippen LogP contribution in [0, 0.1) is 0 Å². The fourth-order valence-corrected chi connectivity index (χ4v) is 0.765. The van der Waals surface area contributed by atoms with Crippen molar-refractivity contribution in [2.75, 3.05) is 26.4 Å². The van der Waals surface area contributed by atoms with Crippen molar-refractivity contribution >= 4 is 23.9 Å². The molecular formula is C14H18O9. The van der Waals surface area contributed by atoms with Gasteiger partial charge < -0.3 is 24.4 Å². The van der Waals surface area contributed by atoms with Crippen LogP contribution >= 0.6 is 0 Å². The van der Waals surface area contributed by atoms with E-state index in [1.807, 2.05) is 0 Å². The molecule has 0 aromatic rings. The van der Waals surface area contributed by atoms with E-state index in [4.69, 9.17) is 14.9 Å². The molecular weight excluding hydrogens is 312 g/mol. The number of carbonyl (C=O) groups is 4. The molecule has 9 heteroatoms. The standard InChI is InChI=1S/C10H14O5.C4H4O4/c1-3-9(11)14-7-5-13-6-8-15-10(12)4-2;5-3(6)1-2-4(7)8/h3-4H,1-2,5-8H2;1-2H,(H,5,6)(H,7,8)/b;2-1-. The van der Waals surface area contributed by atoms with Crippen molar-refractivity contribution in [3.63, 3.8) is 0 Å². The Morgan fingerprint density at radius 3 is 1.35 bits per heavy atom. The van der Waals surface area contributed by atoms with Crippen LogP contribution < -0.4 is 0 Å². The molecule has 0 unspecified atom stereocenters. The Balaban J connectivity index is 0. The van der Waals surface area contributed by atoms with Gasteiger partial charge >= 0.3 is 23.9 Å². The van der Waals surface area contributed by atoms with Crippen LogP contribution in [0.1, 0.15) is 0 Å². The van der Waals surface area contributed by atoms with Gasteiger partial charge in [0.1, 0.15) is 13.2 Å². The van der Waals surface area contributed by atoms with Crippen LogP contribution in [0.4, 0.5) is 0 Å². The first-order valence-corrected chi connectivity index (χ1v) is 6.13. The molecule has 2 N–H and O–H groups in total. The zero-order valence-electron chi connectivity index (χ0n) is 12.3. The number of hydrogen-bond donors (Lipinski definition) is 2. The first-order valence-electron chi connectivity index (χ1n) is 6.13. The first-order chi connectivity index (χ1) is 10.8. The van der Waals surface area contributed by atoms with Crippen molar-refractivity contribution in [1.82, 2.24) is 0 Å². The number of carboxylic acids is 2. The van der Waals surface area contributed by atoms with Gasteiger partial charge in [0.15, 0.2) is 0 Å². The van der Waals surface area contributed by atoms with E-state index < -0.39 is 23.9 Å². The molecule has 0 saturated heterocycles. The Hall–Kier alpha value is -2.94. The third-order valence-corrected chi connectivity index (χ3v) is 1.65. The van der Waals surface area contributed by atoms with Gasteiger partial charge in [-0.25, -0.2) is 19.2 Å². The second-order valence-corrected chi connectivity index (χ2v) is 3.37. The highest BCUT2D eigenvalue weighted by atomic mass is 16.6. The van der Waals surface area contributed by atoms with Crippen LogP contribution in [0.3, 0.4) is 0 Å². The Morgan fingerprint density at radius 2 is 1.09 bits per heavy atom. The number of ether oxygens (including phenoxy) is 3. The Kier molecular flexibility index (Phi) is 15.0. The van der Waals surface area contributed by atoms with Crippen LogP contribution in [0.2, 0.25) is 0 Å². The first kappa shape index (κ1) is 22.3. The minimum Gasteiger partial charge on any atom is -0.478 e. The van der Waals surface area contributed by atoms with Gasteiger partial charge in [0, 0.05) is 24.3 Å². The number of carbonyl (C=O) groups excluding carboxylic acids is 2. The predicted molar refractivity (Wildman–Crippen MR) is 77.5 cm³/mol. The molecule has 0 amide bonds. The number of aliphatic carboxylic acids is 2. The van der Waals surface area contributed by atoms with E-state index in [0.717, 1.165) is 12.2 Å². The highest BCUT2D eigenvalue weighted by Gasteiger charge is 1.96. The van der Waals surface area contributed by atoms with E-state index in [1.165, 1.54) is 0 Å². The second-order valence-electron chi connectivity index (χ2n) is 3.37. The molecule has 0 aromatic heterocycles. The number of carboxylic acid groups (broad SMARTS) is 2. The van der Waals surface area contributed by atoms with E-state index in [-0.39, 0.29) is 26.4 Å². The van der Waals surface area contributed by atoms with Crippen LogP contribution in [-0.4, -0.2) is 60.5 Å². The topological polar surface area (TPSA) is 136 Å². The molecule has 0 heterocycles. The van der Waals surface area contributed by atoms with Crippen molar-refractivity contribution in [2.45, 2.75) is 0 Å². The van der Waals surface area contributed by atoms with Crippen LogP contribution in [0.5, 0.6) is 0 Å². The summed E-state index contributed by atoms with van der Waals surface area (Å²) in [5.74, 6) is -3.49. The maximum absolute atomic E-state index is 10.6. The van der Waals surface area contributed by atoms with E-state index in [2.05, 4.69) is 22.6 Å². The van der Waals surface area contributed by atoms with Crippen LogP contribution in [-0.2, 0) is 33.4 Å². The van der Waals surface area contributed by atoms with Gasteiger partial charge in [0.05, 0.1) is 13.2 Å². The van der Waals surface area contributed by atoms with Gasteiger partial charge in [-0.2, -0.15) is 0 Å². The lowest BCUT2D eigenvalue weighted by Gasteiger charge is -2.04. The summed E-state index contributed by atoms with van der Waals surface area (Å²) in [6, 6.07) is 0. The minimum absolute atomic E-state index is 0.153. The lowest BCUT2D eigenvalue weighted by molar-refractivity contribution is -0.141. The summed E-state index contributed by atoms with van der Waals surface area (Å²) in [5, 5.41) is 15.6. The van der Waals surface area contributed by atoms with Gasteiger partial charge in [-0.15, -0.1) is 0 Å². The fraction of sp³-hybridized carbons (Fsp3) is 0.286. The molecule has 0 radical (unpaired) electrons. The van der Waals surface area contributed by atoms with Crippen LogP contribution in [0.25, 0.3) is 0 Å². The third kappa shape index (κ3) is 21.5. The molecule has 0 fully saturated rings. The zero-order chi connectivity index (χ0) is 18.1. The molecule has 0 atom stereocenters. The number of esters is 2. The quantitative estimate of drug-likeness (QED) is 0.326. The van der Waals surface area contributed by atoms with E-state index >= 15 is 0 Å². The predicted octanol–water partition coefficient (Wildman–Crippen LogP) is 0.173. The van der Waals surface area contributed by atoms with E-state index in [0.29, 0.717) is 12.2 Å². The van der Waals surface area contributed by atoms with Crippen molar-refractivity contribution in [2.24, 2.45) is 0 Å². The SMILES string of the molecule is C=CC(=O)OCCOCCOC(=O)C=C.O=C(O)/C=C\C(=O)O. The molecule has 9 nitrogen and oxygen atoms in total. The maximum atomic E-state index is 10.6. The lowest BCUT2D eigenvalue weighted by Crippen LogP contribution is -2.12. The van der Waals surface area contributed by atoms with E-state index in [9.17, 15) is 19.2 Å². The van der Waals surface area contributed by atoms with Crippen molar-refractivity contribution in [3.8, 4) is 0 Å². The molecule has 0 aliphatic rings. The molecule has 0 aliphatic heterocycles. The summed E-state index contributed by atoms with van der Waals surface area (Å²) in [4.78, 5) is 40.2. The molecule has 0 saturated carbocycles. The summed E-state index contributed by atoms with van der Waals surface area (Å²) < 4.78 is 14.3. The van der Waals surface area contributed by atoms with Crippen LogP contribution in [0.15, 0.2) is 37.5 Å². The molecule has 0 aliphatic carbocycles. The average molecular weight is 330 g/mol. The van der Waals surface area contributed by atoms with Gasteiger partial charge in [0.2, 0.25) is 0 Å². The maximum Gasteiger partial charge on any atom is 0.330 e. The van der Waals surface area contributed by atoms with Crippen molar-refractivity contribution in [1.29, 1.82) is 0 Å².